The van der Waals surface area contributed by atoms with Crippen LogP contribution in [0.2, 0.25) is 0 Å². The maximum atomic E-state index is 11.6. The van der Waals surface area contributed by atoms with Gasteiger partial charge in [-0.25, -0.2) is 0 Å². The molecule has 80 valence electrons. The molecule has 2 N–H and O–H groups in total. The highest BCUT2D eigenvalue weighted by molar-refractivity contribution is 5.85. The predicted molar refractivity (Wildman–Crippen MR) is 46.1 cm³/mol. The molecule has 0 spiro atoms. The number of pyridine rings is 1. The van der Waals surface area contributed by atoms with Crippen LogP contribution < -0.4 is 10.5 Å². The molecule has 1 aromatic heterocycles. The van der Waals surface area contributed by atoms with Gasteiger partial charge in [0.2, 0.25) is 0 Å². The zero-order valence-electron chi connectivity index (χ0n) is 6.91. The molecule has 3 nitrogen and oxygen atoms in total. The first-order valence-electron chi connectivity index (χ1n) is 3.42. The Hall–Kier alpha value is -1.01. The summed E-state index contributed by atoms with van der Waals surface area (Å²) in [7, 11) is 0. The fraction of sp³-hybridized carbons (Fsp3) is 0.286. The average molecular weight is 229 g/mol. The second-order valence-electron chi connectivity index (χ2n) is 2.24. The molecule has 1 heterocycles. The van der Waals surface area contributed by atoms with E-state index in [9.17, 15) is 13.2 Å². The lowest BCUT2D eigenvalue weighted by molar-refractivity contribution is -0.274. The first-order chi connectivity index (χ1) is 6.01. The summed E-state index contributed by atoms with van der Waals surface area (Å²) in [6.45, 7) is 0.187. The molecule has 0 amide bonds. The van der Waals surface area contributed by atoms with Gasteiger partial charge in [-0.05, 0) is 12.1 Å². The Labute approximate surface area is 84.5 Å². The Balaban J connectivity index is 0.00000169. The van der Waals surface area contributed by atoms with Gasteiger partial charge in [0.05, 0.1) is 11.9 Å². The summed E-state index contributed by atoms with van der Waals surface area (Å²) < 4.78 is 38.5. The minimum absolute atomic E-state index is 0. The zero-order valence-corrected chi connectivity index (χ0v) is 7.73. The van der Waals surface area contributed by atoms with Crippen LogP contribution in [0.25, 0.3) is 0 Å². The topological polar surface area (TPSA) is 48.1 Å². The number of nitrogens with two attached hydrogens (primary N) is 1. The van der Waals surface area contributed by atoms with Crippen molar-refractivity contribution in [1.82, 2.24) is 4.98 Å². The maximum absolute atomic E-state index is 11.6. The molecule has 0 aliphatic rings. The van der Waals surface area contributed by atoms with Crippen LogP contribution in [0.5, 0.6) is 5.75 Å². The monoisotopic (exact) mass is 228 g/mol. The highest BCUT2D eigenvalue weighted by Gasteiger charge is 2.31. The van der Waals surface area contributed by atoms with E-state index in [4.69, 9.17) is 5.73 Å². The summed E-state index contributed by atoms with van der Waals surface area (Å²) in [4.78, 5) is 3.63. The average Bonchev–Trinajstić information content (AvgIpc) is 2.03. The largest absolute Gasteiger partial charge is 0.573 e. The second kappa shape index (κ2) is 5.02. The van der Waals surface area contributed by atoms with Crippen LogP contribution in [0.15, 0.2) is 18.3 Å². The Morgan fingerprint density at radius 1 is 1.36 bits per heavy atom. The van der Waals surface area contributed by atoms with Gasteiger partial charge in [0.1, 0.15) is 5.75 Å². The second-order valence-corrected chi connectivity index (χ2v) is 2.24. The number of aromatic nitrogens is 1. The first-order valence-corrected chi connectivity index (χ1v) is 3.42. The van der Waals surface area contributed by atoms with Crippen LogP contribution in [0.1, 0.15) is 5.69 Å². The van der Waals surface area contributed by atoms with E-state index in [1.165, 1.54) is 12.1 Å². The van der Waals surface area contributed by atoms with Crippen molar-refractivity contribution >= 4 is 12.4 Å². The van der Waals surface area contributed by atoms with Gasteiger partial charge >= 0.3 is 6.36 Å². The molecule has 0 atom stereocenters. The molecule has 14 heavy (non-hydrogen) atoms. The number of ether oxygens (including phenoxy) is 1. The number of halogens is 4. The van der Waals surface area contributed by atoms with Gasteiger partial charge in [-0.3, -0.25) is 4.98 Å². The fourth-order valence-corrected chi connectivity index (χ4v) is 0.726. The first kappa shape index (κ1) is 13.0. The predicted octanol–water partition coefficient (Wildman–Crippen LogP) is 1.86. The van der Waals surface area contributed by atoms with Crippen LogP contribution >= 0.6 is 12.4 Å². The highest BCUT2D eigenvalue weighted by atomic mass is 35.5. The molecule has 1 aromatic rings. The Bertz CT molecular complexity index is 275. The summed E-state index contributed by atoms with van der Waals surface area (Å²) in [6, 6.07) is 2.55. The molecule has 0 saturated heterocycles. The summed E-state index contributed by atoms with van der Waals surface area (Å²) in [5.74, 6) is -0.343. The van der Waals surface area contributed by atoms with E-state index in [1.54, 1.807) is 0 Å². The lowest BCUT2D eigenvalue weighted by Gasteiger charge is -2.07. The van der Waals surface area contributed by atoms with E-state index < -0.39 is 6.36 Å². The number of nitrogens with zero attached hydrogens (tertiary/aromatic N) is 1. The van der Waals surface area contributed by atoms with Gasteiger partial charge in [0.25, 0.3) is 0 Å². The molecule has 0 saturated carbocycles. The van der Waals surface area contributed by atoms with Crippen LogP contribution in [-0.2, 0) is 6.54 Å². The Morgan fingerprint density at radius 2 is 2.00 bits per heavy atom. The number of alkyl halides is 3. The molecule has 0 radical (unpaired) electrons. The number of hydrogen-bond acceptors (Lipinski definition) is 3. The maximum Gasteiger partial charge on any atom is 0.573 e. The molecule has 0 aliphatic carbocycles. The van der Waals surface area contributed by atoms with Gasteiger partial charge in [-0.2, -0.15) is 0 Å². The third kappa shape index (κ3) is 4.29. The summed E-state index contributed by atoms with van der Waals surface area (Å²) in [5, 5.41) is 0. The molecular formula is C7H8ClF3N2O. The number of rotatable bonds is 2. The van der Waals surface area contributed by atoms with Crippen molar-refractivity contribution in [2.24, 2.45) is 5.73 Å². The third-order valence-corrected chi connectivity index (χ3v) is 1.24. The minimum atomic E-state index is -4.67. The molecule has 0 unspecified atom stereocenters. The van der Waals surface area contributed by atoms with Crippen molar-refractivity contribution in [2.75, 3.05) is 0 Å². The SMILES string of the molecule is Cl.NCc1ccc(OC(F)(F)F)cn1. The molecular weight excluding hydrogens is 221 g/mol. The van der Waals surface area contributed by atoms with Crippen molar-refractivity contribution in [3.8, 4) is 5.75 Å². The summed E-state index contributed by atoms with van der Waals surface area (Å²) >= 11 is 0. The van der Waals surface area contributed by atoms with Crippen molar-refractivity contribution in [3.05, 3.63) is 24.0 Å². The minimum Gasteiger partial charge on any atom is -0.404 e. The molecule has 0 aliphatic heterocycles. The normalized spacial score (nSPS) is 10.6. The van der Waals surface area contributed by atoms with Gasteiger partial charge in [-0.15, -0.1) is 25.6 Å². The van der Waals surface area contributed by atoms with Crippen molar-refractivity contribution < 1.29 is 17.9 Å². The van der Waals surface area contributed by atoms with Crippen LogP contribution in [0.4, 0.5) is 13.2 Å². The van der Waals surface area contributed by atoms with Gasteiger partial charge in [0, 0.05) is 6.54 Å². The molecule has 7 heteroatoms. The van der Waals surface area contributed by atoms with Crippen molar-refractivity contribution in [2.45, 2.75) is 12.9 Å². The van der Waals surface area contributed by atoms with E-state index in [2.05, 4.69) is 9.72 Å². The van der Waals surface area contributed by atoms with Crippen molar-refractivity contribution in [3.63, 3.8) is 0 Å². The Morgan fingerprint density at radius 3 is 2.36 bits per heavy atom. The smallest absolute Gasteiger partial charge is 0.404 e. The fourth-order valence-electron chi connectivity index (χ4n) is 0.726. The van der Waals surface area contributed by atoms with Crippen LogP contribution in [0, 0.1) is 0 Å². The van der Waals surface area contributed by atoms with Crippen LogP contribution in [0.3, 0.4) is 0 Å². The van der Waals surface area contributed by atoms with E-state index in [0.717, 1.165) is 6.20 Å². The lowest BCUT2D eigenvalue weighted by Crippen LogP contribution is -2.17. The van der Waals surface area contributed by atoms with E-state index in [1.807, 2.05) is 0 Å². The van der Waals surface area contributed by atoms with E-state index >= 15 is 0 Å². The van der Waals surface area contributed by atoms with Crippen molar-refractivity contribution in [1.29, 1.82) is 0 Å². The van der Waals surface area contributed by atoms with Gasteiger partial charge < -0.3 is 10.5 Å². The quantitative estimate of drug-likeness (QED) is 0.841. The third-order valence-electron chi connectivity index (χ3n) is 1.24. The molecule has 0 bridgehead atoms. The van der Waals surface area contributed by atoms with Gasteiger partial charge in [-0.1, -0.05) is 0 Å². The molecule has 1 rings (SSSR count). The standard InChI is InChI=1S/C7H7F3N2O.ClH/c8-7(9,10)13-6-2-1-5(3-11)12-4-6;/h1-2,4H,3,11H2;1H. The molecule has 0 fully saturated rings. The van der Waals surface area contributed by atoms with Crippen LogP contribution in [-0.4, -0.2) is 11.3 Å². The number of hydrogen-bond donors (Lipinski definition) is 1. The van der Waals surface area contributed by atoms with E-state index in [0.29, 0.717) is 5.69 Å². The summed E-state index contributed by atoms with van der Waals surface area (Å²) in [6.07, 6.45) is -3.69. The highest BCUT2D eigenvalue weighted by Crippen LogP contribution is 2.21. The lowest BCUT2D eigenvalue weighted by atomic mass is 10.3. The van der Waals surface area contributed by atoms with Gasteiger partial charge in [0.15, 0.2) is 0 Å². The molecule has 0 aromatic carbocycles. The van der Waals surface area contributed by atoms with E-state index in [-0.39, 0.29) is 24.7 Å². The Kier molecular flexibility index (Phi) is 4.65. The summed E-state index contributed by atoms with van der Waals surface area (Å²) in [5.41, 5.74) is 5.71. The zero-order chi connectivity index (χ0) is 9.90.